The Kier molecular flexibility index (Phi) is 2.78. The van der Waals surface area contributed by atoms with E-state index in [4.69, 9.17) is 4.74 Å². The summed E-state index contributed by atoms with van der Waals surface area (Å²) in [6, 6.07) is 4.97. The summed E-state index contributed by atoms with van der Waals surface area (Å²) in [5.41, 5.74) is 1.77. The lowest BCUT2D eigenvalue weighted by Gasteiger charge is -2.03. The maximum atomic E-state index is 13.6. The van der Waals surface area contributed by atoms with Crippen molar-refractivity contribution >= 4 is 0 Å². The number of hydrogen-bond acceptors (Lipinski definition) is 2. The van der Waals surface area contributed by atoms with Gasteiger partial charge in [0.05, 0.1) is 13.3 Å². The Labute approximate surface area is 105 Å². The number of aromatic nitrogens is 2. The molecule has 94 valence electrons. The molecule has 0 N–H and O–H groups in total. The van der Waals surface area contributed by atoms with Gasteiger partial charge in [0.25, 0.3) is 0 Å². The fourth-order valence-corrected chi connectivity index (χ4v) is 2.02. The molecule has 0 radical (unpaired) electrons. The highest BCUT2D eigenvalue weighted by molar-refractivity contribution is 5.62. The molecule has 3 nitrogen and oxygen atoms in total. The SMILES string of the molecule is COc1ccc(-c2cnn(CC3CC3)c2)cc1F. The molecular formula is C14H15FN2O. The van der Waals surface area contributed by atoms with Gasteiger partial charge in [-0.1, -0.05) is 6.07 Å². The van der Waals surface area contributed by atoms with Gasteiger partial charge in [0.1, 0.15) is 0 Å². The van der Waals surface area contributed by atoms with Gasteiger partial charge in [-0.05, 0) is 36.5 Å². The van der Waals surface area contributed by atoms with Gasteiger partial charge >= 0.3 is 0 Å². The summed E-state index contributed by atoms with van der Waals surface area (Å²) in [7, 11) is 1.46. The molecule has 3 rings (SSSR count). The quantitative estimate of drug-likeness (QED) is 0.828. The molecule has 1 saturated carbocycles. The average molecular weight is 246 g/mol. The van der Waals surface area contributed by atoms with Gasteiger partial charge in [0.15, 0.2) is 11.6 Å². The Morgan fingerprint density at radius 1 is 1.39 bits per heavy atom. The second-order valence-corrected chi connectivity index (χ2v) is 4.74. The van der Waals surface area contributed by atoms with Crippen LogP contribution in [0.25, 0.3) is 11.1 Å². The Morgan fingerprint density at radius 2 is 2.22 bits per heavy atom. The minimum absolute atomic E-state index is 0.268. The standard InChI is InChI=1S/C14H15FN2O/c1-18-14-5-4-11(6-13(14)15)12-7-16-17(9-12)8-10-2-3-10/h4-7,9-10H,2-3,8H2,1H3. The molecule has 1 aromatic heterocycles. The number of benzene rings is 1. The van der Waals surface area contributed by atoms with Crippen LogP contribution >= 0.6 is 0 Å². The van der Waals surface area contributed by atoms with Gasteiger partial charge in [0.2, 0.25) is 0 Å². The molecule has 1 fully saturated rings. The first kappa shape index (κ1) is 11.3. The lowest BCUT2D eigenvalue weighted by atomic mass is 10.1. The van der Waals surface area contributed by atoms with E-state index in [1.807, 2.05) is 16.9 Å². The highest BCUT2D eigenvalue weighted by Gasteiger charge is 2.22. The number of rotatable bonds is 4. The van der Waals surface area contributed by atoms with E-state index in [-0.39, 0.29) is 11.6 Å². The summed E-state index contributed by atoms with van der Waals surface area (Å²) in [6.45, 7) is 0.971. The minimum Gasteiger partial charge on any atom is -0.494 e. The van der Waals surface area contributed by atoms with Crippen LogP contribution in [0.1, 0.15) is 12.8 Å². The summed E-state index contributed by atoms with van der Waals surface area (Å²) in [5.74, 6) is 0.708. The highest BCUT2D eigenvalue weighted by Crippen LogP contribution is 2.31. The largest absolute Gasteiger partial charge is 0.494 e. The molecule has 0 atom stereocenters. The minimum atomic E-state index is -0.343. The molecule has 0 amide bonds. The summed E-state index contributed by atoms with van der Waals surface area (Å²) in [6.07, 6.45) is 6.35. The first-order valence-corrected chi connectivity index (χ1v) is 6.12. The van der Waals surface area contributed by atoms with Gasteiger partial charge in [-0.3, -0.25) is 4.68 Å². The van der Waals surface area contributed by atoms with E-state index in [0.717, 1.165) is 23.6 Å². The number of methoxy groups -OCH3 is 1. The van der Waals surface area contributed by atoms with Crippen LogP contribution in [-0.2, 0) is 6.54 Å². The predicted octanol–water partition coefficient (Wildman–Crippen LogP) is 3.11. The molecular weight excluding hydrogens is 231 g/mol. The molecule has 1 aliphatic rings. The molecule has 0 spiro atoms. The topological polar surface area (TPSA) is 27.1 Å². The van der Waals surface area contributed by atoms with E-state index in [2.05, 4.69) is 5.10 Å². The van der Waals surface area contributed by atoms with E-state index in [1.165, 1.54) is 26.0 Å². The number of hydrogen-bond donors (Lipinski definition) is 0. The Morgan fingerprint density at radius 3 is 2.89 bits per heavy atom. The van der Waals surface area contributed by atoms with Crippen molar-refractivity contribution < 1.29 is 9.13 Å². The van der Waals surface area contributed by atoms with Crippen LogP contribution in [0.15, 0.2) is 30.6 Å². The third-order valence-corrected chi connectivity index (χ3v) is 3.26. The normalized spacial score (nSPS) is 14.8. The van der Waals surface area contributed by atoms with Crippen LogP contribution in [0.2, 0.25) is 0 Å². The zero-order chi connectivity index (χ0) is 12.5. The molecule has 4 heteroatoms. The maximum Gasteiger partial charge on any atom is 0.165 e. The molecule has 1 aliphatic carbocycles. The average Bonchev–Trinajstić information content (AvgIpc) is 3.05. The molecule has 0 bridgehead atoms. The highest BCUT2D eigenvalue weighted by atomic mass is 19.1. The maximum absolute atomic E-state index is 13.6. The van der Waals surface area contributed by atoms with Crippen LogP contribution in [0.5, 0.6) is 5.75 Å². The van der Waals surface area contributed by atoms with Crippen LogP contribution < -0.4 is 4.74 Å². The smallest absolute Gasteiger partial charge is 0.165 e. The second-order valence-electron chi connectivity index (χ2n) is 4.74. The number of ether oxygens (including phenoxy) is 1. The zero-order valence-corrected chi connectivity index (χ0v) is 10.3. The first-order valence-electron chi connectivity index (χ1n) is 6.12. The van der Waals surface area contributed by atoms with Gasteiger partial charge in [-0.25, -0.2) is 4.39 Å². The van der Waals surface area contributed by atoms with Crippen LogP contribution in [0.3, 0.4) is 0 Å². The lowest BCUT2D eigenvalue weighted by molar-refractivity contribution is 0.386. The van der Waals surface area contributed by atoms with Crippen molar-refractivity contribution in [2.45, 2.75) is 19.4 Å². The van der Waals surface area contributed by atoms with Crippen molar-refractivity contribution in [3.8, 4) is 16.9 Å². The second kappa shape index (κ2) is 4.44. The monoisotopic (exact) mass is 246 g/mol. The zero-order valence-electron chi connectivity index (χ0n) is 10.3. The van der Waals surface area contributed by atoms with Crippen molar-refractivity contribution in [1.29, 1.82) is 0 Å². The Bertz CT molecular complexity index is 561. The Balaban J connectivity index is 1.84. The van der Waals surface area contributed by atoms with Crippen LogP contribution in [-0.4, -0.2) is 16.9 Å². The van der Waals surface area contributed by atoms with Gasteiger partial charge < -0.3 is 4.74 Å². The van der Waals surface area contributed by atoms with Crippen molar-refractivity contribution in [2.24, 2.45) is 5.92 Å². The van der Waals surface area contributed by atoms with Crippen molar-refractivity contribution in [1.82, 2.24) is 9.78 Å². The van der Waals surface area contributed by atoms with Gasteiger partial charge in [-0.2, -0.15) is 5.10 Å². The lowest BCUT2D eigenvalue weighted by Crippen LogP contribution is -1.98. The van der Waals surface area contributed by atoms with E-state index in [0.29, 0.717) is 0 Å². The summed E-state index contributed by atoms with van der Waals surface area (Å²) in [4.78, 5) is 0. The molecule has 2 aromatic rings. The van der Waals surface area contributed by atoms with E-state index in [9.17, 15) is 4.39 Å². The molecule has 1 aromatic carbocycles. The Hall–Kier alpha value is -1.84. The fraction of sp³-hybridized carbons (Fsp3) is 0.357. The molecule has 0 unspecified atom stereocenters. The first-order chi connectivity index (χ1) is 8.76. The van der Waals surface area contributed by atoms with E-state index >= 15 is 0 Å². The van der Waals surface area contributed by atoms with Gasteiger partial charge in [0, 0.05) is 18.3 Å². The van der Waals surface area contributed by atoms with Crippen molar-refractivity contribution in [2.75, 3.05) is 7.11 Å². The summed E-state index contributed by atoms with van der Waals surface area (Å²) < 4.78 is 20.5. The molecule has 18 heavy (non-hydrogen) atoms. The van der Waals surface area contributed by atoms with Crippen molar-refractivity contribution in [3.63, 3.8) is 0 Å². The number of nitrogens with zero attached hydrogens (tertiary/aromatic N) is 2. The van der Waals surface area contributed by atoms with Gasteiger partial charge in [-0.15, -0.1) is 0 Å². The third-order valence-electron chi connectivity index (χ3n) is 3.26. The summed E-state index contributed by atoms with van der Waals surface area (Å²) in [5, 5.41) is 4.31. The fourth-order valence-electron chi connectivity index (χ4n) is 2.02. The van der Waals surface area contributed by atoms with E-state index < -0.39 is 0 Å². The van der Waals surface area contributed by atoms with Crippen LogP contribution in [0, 0.1) is 11.7 Å². The van der Waals surface area contributed by atoms with Crippen LogP contribution in [0.4, 0.5) is 4.39 Å². The van der Waals surface area contributed by atoms with Crippen molar-refractivity contribution in [3.05, 3.63) is 36.4 Å². The third kappa shape index (κ3) is 2.23. The molecule has 1 heterocycles. The summed E-state index contributed by atoms with van der Waals surface area (Å²) >= 11 is 0. The number of halogens is 1. The predicted molar refractivity (Wildman–Crippen MR) is 66.9 cm³/mol. The van der Waals surface area contributed by atoms with E-state index in [1.54, 1.807) is 12.3 Å². The molecule has 0 aliphatic heterocycles. The molecule has 0 saturated heterocycles.